The lowest BCUT2D eigenvalue weighted by Gasteiger charge is -2.20. The zero-order valence-electron chi connectivity index (χ0n) is 13.3. The first-order chi connectivity index (χ1) is 9.73. The van der Waals surface area contributed by atoms with Crippen LogP contribution >= 0.6 is 11.3 Å². The number of thiazole rings is 1. The highest BCUT2D eigenvalue weighted by atomic mass is 32.1. The highest BCUT2D eigenvalue weighted by Gasteiger charge is 2.15. The van der Waals surface area contributed by atoms with Gasteiger partial charge in [-0.2, -0.15) is 0 Å². The van der Waals surface area contributed by atoms with Gasteiger partial charge in [0.25, 0.3) is 0 Å². The number of hydrogen-bond donors (Lipinski definition) is 2. The Labute approximate surface area is 129 Å². The van der Waals surface area contributed by atoms with Gasteiger partial charge in [0.1, 0.15) is 0 Å². The van der Waals surface area contributed by atoms with E-state index in [1.54, 1.807) is 4.90 Å². The van der Waals surface area contributed by atoms with Gasteiger partial charge in [0, 0.05) is 30.9 Å². The molecule has 6 nitrogen and oxygen atoms in total. The summed E-state index contributed by atoms with van der Waals surface area (Å²) in [6.07, 6.45) is 0. The molecule has 0 saturated heterocycles. The van der Waals surface area contributed by atoms with Crippen LogP contribution in [-0.4, -0.2) is 35.4 Å². The Balaban J connectivity index is 2.45. The molecule has 1 aromatic rings. The van der Waals surface area contributed by atoms with Crippen LogP contribution in [0.1, 0.15) is 40.3 Å². The number of aromatic nitrogens is 1. The van der Waals surface area contributed by atoms with E-state index in [4.69, 9.17) is 0 Å². The Kier molecular flexibility index (Phi) is 6.29. The van der Waals surface area contributed by atoms with Crippen molar-refractivity contribution in [3.8, 4) is 0 Å². The molecule has 7 heteroatoms. The van der Waals surface area contributed by atoms with Gasteiger partial charge in [-0.25, -0.2) is 4.98 Å². The average Bonchev–Trinajstić information content (AvgIpc) is 2.75. The fourth-order valence-electron chi connectivity index (χ4n) is 1.76. The lowest BCUT2D eigenvalue weighted by atomic mass is 10.1. The molecule has 1 aromatic heterocycles. The molecule has 0 aliphatic carbocycles. The quantitative estimate of drug-likeness (QED) is 0.835. The van der Waals surface area contributed by atoms with E-state index in [0.717, 1.165) is 5.69 Å². The standard InChI is InChI=1S/C14H24N4O2S/c1-6-18(10(2)19)13-16-11(9-21-13)7-15-8-12(20)17-14(3,4)5/h9,15H,6-8H2,1-5H3,(H,17,20). The maximum Gasteiger partial charge on any atom is 0.234 e. The zero-order chi connectivity index (χ0) is 16.0. The fraction of sp³-hybridized carbons (Fsp3) is 0.643. The lowest BCUT2D eigenvalue weighted by molar-refractivity contribution is -0.121. The molecule has 0 radical (unpaired) electrons. The van der Waals surface area contributed by atoms with Gasteiger partial charge in [0.15, 0.2) is 5.13 Å². The van der Waals surface area contributed by atoms with Crippen molar-refractivity contribution in [2.24, 2.45) is 0 Å². The van der Waals surface area contributed by atoms with Crippen molar-refractivity contribution in [1.29, 1.82) is 0 Å². The van der Waals surface area contributed by atoms with Gasteiger partial charge in [0.05, 0.1) is 12.2 Å². The number of carbonyl (C=O) groups excluding carboxylic acids is 2. The maximum atomic E-state index is 11.7. The summed E-state index contributed by atoms with van der Waals surface area (Å²) in [5.74, 6) is -0.0622. The summed E-state index contributed by atoms with van der Waals surface area (Å²) >= 11 is 1.43. The lowest BCUT2D eigenvalue weighted by Crippen LogP contribution is -2.44. The Morgan fingerprint density at radius 3 is 2.57 bits per heavy atom. The van der Waals surface area contributed by atoms with Gasteiger partial charge in [-0.3, -0.25) is 14.5 Å². The third-order valence-electron chi connectivity index (χ3n) is 2.57. The summed E-state index contributed by atoms with van der Waals surface area (Å²) in [5.41, 5.74) is 0.605. The van der Waals surface area contributed by atoms with Gasteiger partial charge in [-0.05, 0) is 27.7 Å². The molecule has 0 spiro atoms. The molecule has 1 rings (SSSR count). The normalized spacial score (nSPS) is 11.3. The van der Waals surface area contributed by atoms with E-state index < -0.39 is 0 Å². The molecule has 1 heterocycles. The smallest absolute Gasteiger partial charge is 0.234 e. The van der Waals surface area contributed by atoms with E-state index in [-0.39, 0.29) is 23.9 Å². The topological polar surface area (TPSA) is 74.3 Å². The predicted octanol–water partition coefficient (Wildman–Crippen LogP) is 1.52. The van der Waals surface area contributed by atoms with Gasteiger partial charge < -0.3 is 10.6 Å². The van der Waals surface area contributed by atoms with Crippen LogP contribution in [0.5, 0.6) is 0 Å². The minimum atomic E-state index is -0.227. The van der Waals surface area contributed by atoms with Crippen LogP contribution in [0.15, 0.2) is 5.38 Å². The molecule has 21 heavy (non-hydrogen) atoms. The molecule has 0 saturated carbocycles. The number of hydrogen-bond acceptors (Lipinski definition) is 5. The molecule has 0 aromatic carbocycles. The van der Waals surface area contributed by atoms with Gasteiger partial charge in [0.2, 0.25) is 11.8 Å². The summed E-state index contributed by atoms with van der Waals surface area (Å²) in [6.45, 7) is 10.6. The molecule has 0 aliphatic rings. The monoisotopic (exact) mass is 312 g/mol. The van der Waals surface area contributed by atoms with Crippen molar-refractivity contribution >= 4 is 28.3 Å². The highest BCUT2D eigenvalue weighted by Crippen LogP contribution is 2.20. The Bertz CT molecular complexity index is 493. The molecular weight excluding hydrogens is 288 g/mol. The summed E-state index contributed by atoms with van der Waals surface area (Å²) in [7, 11) is 0. The molecule has 2 N–H and O–H groups in total. The largest absolute Gasteiger partial charge is 0.350 e. The third kappa shape index (κ3) is 6.22. The van der Waals surface area contributed by atoms with Crippen LogP contribution in [0.4, 0.5) is 5.13 Å². The molecule has 0 atom stereocenters. The minimum absolute atomic E-state index is 0.0177. The Hall–Kier alpha value is -1.47. The molecule has 0 aliphatic heterocycles. The van der Waals surface area contributed by atoms with Crippen LogP contribution in [0.2, 0.25) is 0 Å². The van der Waals surface area contributed by atoms with Gasteiger partial charge in [-0.15, -0.1) is 11.3 Å². The van der Waals surface area contributed by atoms with Crippen LogP contribution in [0.25, 0.3) is 0 Å². The summed E-state index contributed by atoms with van der Waals surface area (Å²) in [6, 6.07) is 0. The van der Waals surface area contributed by atoms with Crippen molar-refractivity contribution < 1.29 is 9.59 Å². The first-order valence-corrected chi connectivity index (χ1v) is 7.85. The van der Waals surface area contributed by atoms with Crippen LogP contribution in [0, 0.1) is 0 Å². The van der Waals surface area contributed by atoms with E-state index in [0.29, 0.717) is 18.2 Å². The van der Waals surface area contributed by atoms with E-state index in [1.165, 1.54) is 18.3 Å². The predicted molar refractivity (Wildman–Crippen MR) is 85.4 cm³/mol. The SMILES string of the molecule is CCN(C(C)=O)c1nc(CNCC(=O)NC(C)(C)C)cs1. The number of amides is 2. The molecule has 0 fully saturated rings. The second-order valence-electron chi connectivity index (χ2n) is 5.79. The van der Waals surface area contributed by atoms with Crippen molar-refractivity contribution in [3.05, 3.63) is 11.1 Å². The van der Waals surface area contributed by atoms with Crippen molar-refractivity contribution in [2.45, 2.75) is 46.7 Å². The first kappa shape index (κ1) is 17.6. The third-order valence-corrected chi connectivity index (χ3v) is 3.49. The maximum absolute atomic E-state index is 11.7. The number of nitrogens with zero attached hydrogens (tertiary/aromatic N) is 2. The second-order valence-corrected chi connectivity index (χ2v) is 6.62. The number of rotatable bonds is 6. The molecule has 0 unspecified atom stereocenters. The molecular formula is C14H24N4O2S. The van der Waals surface area contributed by atoms with Crippen LogP contribution < -0.4 is 15.5 Å². The zero-order valence-corrected chi connectivity index (χ0v) is 14.1. The fourth-order valence-corrected chi connectivity index (χ4v) is 2.69. The average molecular weight is 312 g/mol. The second kappa shape index (κ2) is 7.51. The van der Waals surface area contributed by atoms with Crippen molar-refractivity contribution in [2.75, 3.05) is 18.0 Å². The highest BCUT2D eigenvalue weighted by molar-refractivity contribution is 7.14. The first-order valence-electron chi connectivity index (χ1n) is 6.97. The van der Waals surface area contributed by atoms with E-state index in [2.05, 4.69) is 15.6 Å². The van der Waals surface area contributed by atoms with Crippen molar-refractivity contribution in [1.82, 2.24) is 15.6 Å². The van der Waals surface area contributed by atoms with Gasteiger partial charge >= 0.3 is 0 Å². The van der Waals surface area contributed by atoms with E-state index >= 15 is 0 Å². The number of nitrogens with one attached hydrogen (secondary N) is 2. The minimum Gasteiger partial charge on any atom is -0.350 e. The summed E-state index contributed by atoms with van der Waals surface area (Å²) in [5, 5.41) is 8.53. The van der Waals surface area contributed by atoms with Crippen LogP contribution in [-0.2, 0) is 16.1 Å². The molecule has 2 amide bonds. The Morgan fingerprint density at radius 2 is 2.05 bits per heavy atom. The van der Waals surface area contributed by atoms with Gasteiger partial charge in [-0.1, -0.05) is 0 Å². The number of carbonyl (C=O) groups is 2. The number of anilines is 1. The van der Waals surface area contributed by atoms with Crippen LogP contribution in [0.3, 0.4) is 0 Å². The Morgan fingerprint density at radius 1 is 1.38 bits per heavy atom. The van der Waals surface area contributed by atoms with Crippen molar-refractivity contribution in [3.63, 3.8) is 0 Å². The molecule has 118 valence electrons. The van der Waals surface area contributed by atoms with E-state index in [1.807, 2.05) is 33.1 Å². The van der Waals surface area contributed by atoms with E-state index in [9.17, 15) is 9.59 Å². The summed E-state index contributed by atoms with van der Waals surface area (Å²) < 4.78 is 0. The molecule has 0 bridgehead atoms. The summed E-state index contributed by atoms with van der Waals surface area (Å²) in [4.78, 5) is 29.1.